The van der Waals surface area contributed by atoms with E-state index in [9.17, 15) is 14.3 Å². The summed E-state index contributed by atoms with van der Waals surface area (Å²) in [6.45, 7) is 2.15. The van der Waals surface area contributed by atoms with Crippen molar-refractivity contribution in [2.75, 3.05) is 6.61 Å². The second-order valence-corrected chi connectivity index (χ2v) is 7.20. The van der Waals surface area contributed by atoms with Crippen LogP contribution in [0.5, 0.6) is 0 Å². The number of carbonyl (C=O) groups is 1. The number of hydrogen-bond donors (Lipinski definition) is 2. The molecule has 0 aromatic heterocycles. The third-order valence-electron chi connectivity index (χ3n) is 5.11. The lowest BCUT2D eigenvalue weighted by molar-refractivity contribution is 0.0915. The Morgan fingerprint density at radius 2 is 1.97 bits per heavy atom. The quantitative estimate of drug-likeness (QED) is 0.688. The molecule has 3 aromatic rings. The zero-order chi connectivity index (χ0) is 20.4. The van der Waals surface area contributed by atoms with E-state index in [1.807, 2.05) is 37.4 Å². The first-order valence-corrected chi connectivity index (χ1v) is 9.46. The standard InChI is InChI=1S/C24H21FN2O2/c1-15-5-8-22(25)21(9-15)23(14-28)27-24(29)18-4-2-3-16(10-18)17-6-7-19-12-26-13-20(19)11-17/h2-11,13,23,28H,12,14H2,1H3,(H,27,29). The van der Waals surface area contributed by atoms with Gasteiger partial charge in [-0.1, -0.05) is 42.0 Å². The van der Waals surface area contributed by atoms with Crippen molar-refractivity contribution in [3.8, 4) is 11.1 Å². The van der Waals surface area contributed by atoms with Crippen molar-refractivity contribution < 1.29 is 14.3 Å². The molecule has 1 unspecified atom stereocenters. The number of nitrogens with zero attached hydrogens (tertiary/aromatic N) is 1. The summed E-state index contributed by atoms with van der Waals surface area (Å²) in [6, 6.07) is 17.2. The van der Waals surface area contributed by atoms with E-state index in [-0.39, 0.29) is 11.5 Å². The Morgan fingerprint density at radius 1 is 1.14 bits per heavy atom. The van der Waals surface area contributed by atoms with Crippen LogP contribution in [-0.2, 0) is 6.54 Å². The number of aryl methyl sites for hydroxylation is 1. The van der Waals surface area contributed by atoms with Crippen LogP contribution in [0.1, 0.15) is 38.7 Å². The number of benzene rings is 3. The zero-order valence-corrected chi connectivity index (χ0v) is 16.0. The maximum absolute atomic E-state index is 14.2. The number of carbonyl (C=O) groups excluding carboxylic acids is 1. The van der Waals surface area contributed by atoms with Crippen molar-refractivity contribution >= 4 is 12.1 Å². The van der Waals surface area contributed by atoms with E-state index in [1.54, 1.807) is 24.3 Å². The van der Waals surface area contributed by atoms with Crippen LogP contribution in [0.15, 0.2) is 65.7 Å². The van der Waals surface area contributed by atoms with E-state index >= 15 is 0 Å². The van der Waals surface area contributed by atoms with Gasteiger partial charge in [-0.3, -0.25) is 9.79 Å². The van der Waals surface area contributed by atoms with Crippen LogP contribution in [0, 0.1) is 12.7 Å². The minimum absolute atomic E-state index is 0.273. The average molecular weight is 388 g/mol. The molecule has 0 radical (unpaired) electrons. The highest BCUT2D eigenvalue weighted by Crippen LogP contribution is 2.26. The summed E-state index contributed by atoms with van der Waals surface area (Å²) >= 11 is 0. The Morgan fingerprint density at radius 3 is 2.79 bits per heavy atom. The van der Waals surface area contributed by atoms with Gasteiger partial charge in [-0.05, 0) is 53.4 Å². The molecule has 2 N–H and O–H groups in total. The fourth-order valence-corrected chi connectivity index (χ4v) is 3.51. The van der Waals surface area contributed by atoms with E-state index in [4.69, 9.17) is 0 Å². The third-order valence-corrected chi connectivity index (χ3v) is 5.11. The first-order chi connectivity index (χ1) is 14.0. The smallest absolute Gasteiger partial charge is 0.251 e. The molecule has 5 heteroatoms. The molecule has 146 valence electrons. The summed E-state index contributed by atoms with van der Waals surface area (Å²) in [5.41, 5.74) is 5.76. The first-order valence-electron chi connectivity index (χ1n) is 9.46. The maximum Gasteiger partial charge on any atom is 0.251 e. The van der Waals surface area contributed by atoms with E-state index < -0.39 is 18.5 Å². The molecule has 0 fully saturated rings. The van der Waals surface area contributed by atoms with Gasteiger partial charge in [0.05, 0.1) is 19.2 Å². The fourth-order valence-electron chi connectivity index (χ4n) is 3.51. The van der Waals surface area contributed by atoms with Gasteiger partial charge >= 0.3 is 0 Å². The van der Waals surface area contributed by atoms with Gasteiger partial charge in [0, 0.05) is 17.3 Å². The number of fused-ring (bicyclic) bond motifs is 1. The van der Waals surface area contributed by atoms with Crippen LogP contribution in [0.2, 0.25) is 0 Å². The van der Waals surface area contributed by atoms with Crippen molar-refractivity contribution in [3.63, 3.8) is 0 Å². The minimum Gasteiger partial charge on any atom is -0.394 e. The van der Waals surface area contributed by atoms with Crippen LogP contribution in [-0.4, -0.2) is 23.8 Å². The highest BCUT2D eigenvalue weighted by atomic mass is 19.1. The Hall–Kier alpha value is -3.31. The van der Waals surface area contributed by atoms with Crippen molar-refractivity contribution in [2.45, 2.75) is 19.5 Å². The molecule has 1 heterocycles. The summed E-state index contributed by atoms with van der Waals surface area (Å²) < 4.78 is 14.2. The molecule has 3 aromatic carbocycles. The van der Waals surface area contributed by atoms with E-state index in [0.717, 1.165) is 22.3 Å². The second kappa shape index (κ2) is 7.97. The molecule has 0 spiro atoms. The van der Waals surface area contributed by atoms with Gasteiger partial charge in [-0.2, -0.15) is 0 Å². The van der Waals surface area contributed by atoms with Gasteiger partial charge < -0.3 is 10.4 Å². The van der Waals surface area contributed by atoms with Gasteiger partial charge in [-0.25, -0.2) is 4.39 Å². The highest BCUT2D eigenvalue weighted by molar-refractivity contribution is 5.96. The molecule has 1 aliphatic heterocycles. The van der Waals surface area contributed by atoms with Gasteiger partial charge in [0.2, 0.25) is 0 Å². The number of halogens is 1. The van der Waals surface area contributed by atoms with Crippen molar-refractivity contribution in [3.05, 3.63) is 94.3 Å². The topological polar surface area (TPSA) is 61.7 Å². The third kappa shape index (κ3) is 3.96. The zero-order valence-electron chi connectivity index (χ0n) is 16.0. The molecule has 4 rings (SSSR count). The Bertz CT molecular complexity index is 1110. The Labute approximate surface area is 168 Å². The molecular weight excluding hydrogens is 367 g/mol. The van der Waals surface area contributed by atoms with E-state index in [2.05, 4.69) is 16.4 Å². The summed E-state index contributed by atoms with van der Waals surface area (Å²) in [7, 11) is 0. The maximum atomic E-state index is 14.2. The molecule has 29 heavy (non-hydrogen) atoms. The number of aliphatic imine (C=N–C) groups is 1. The Kier molecular flexibility index (Phi) is 5.23. The number of amides is 1. The monoisotopic (exact) mass is 388 g/mol. The fraction of sp³-hybridized carbons (Fsp3) is 0.167. The van der Waals surface area contributed by atoms with Gasteiger partial charge in [0.25, 0.3) is 5.91 Å². The summed E-state index contributed by atoms with van der Waals surface area (Å²) in [4.78, 5) is 17.1. The van der Waals surface area contributed by atoms with Crippen LogP contribution >= 0.6 is 0 Å². The molecular formula is C24H21FN2O2. The van der Waals surface area contributed by atoms with Gasteiger partial charge in [-0.15, -0.1) is 0 Å². The second-order valence-electron chi connectivity index (χ2n) is 7.20. The number of hydrogen-bond acceptors (Lipinski definition) is 3. The van der Waals surface area contributed by atoms with Crippen LogP contribution in [0.25, 0.3) is 11.1 Å². The summed E-state index contributed by atoms with van der Waals surface area (Å²) in [6.07, 6.45) is 1.86. The van der Waals surface area contributed by atoms with Gasteiger partial charge in [0.15, 0.2) is 0 Å². The van der Waals surface area contributed by atoms with Crippen molar-refractivity contribution in [1.29, 1.82) is 0 Å². The average Bonchev–Trinajstić information content (AvgIpc) is 3.21. The molecule has 0 saturated carbocycles. The predicted molar refractivity (Wildman–Crippen MR) is 112 cm³/mol. The van der Waals surface area contributed by atoms with E-state index in [1.165, 1.54) is 11.6 Å². The van der Waals surface area contributed by atoms with Crippen molar-refractivity contribution in [2.24, 2.45) is 4.99 Å². The predicted octanol–water partition coefficient (Wildman–Crippen LogP) is 4.20. The number of aliphatic hydroxyl groups excluding tert-OH is 1. The lowest BCUT2D eigenvalue weighted by Gasteiger charge is -2.18. The molecule has 0 aliphatic carbocycles. The molecule has 0 bridgehead atoms. The van der Waals surface area contributed by atoms with Crippen molar-refractivity contribution in [1.82, 2.24) is 5.32 Å². The van der Waals surface area contributed by atoms with Gasteiger partial charge in [0.1, 0.15) is 5.82 Å². The molecule has 1 atom stereocenters. The largest absolute Gasteiger partial charge is 0.394 e. The Balaban J connectivity index is 1.58. The van der Waals surface area contributed by atoms with Crippen LogP contribution in [0.4, 0.5) is 4.39 Å². The summed E-state index contributed by atoms with van der Waals surface area (Å²) in [5, 5.41) is 12.5. The van der Waals surface area contributed by atoms with E-state index in [0.29, 0.717) is 12.1 Å². The number of aliphatic hydroxyl groups is 1. The SMILES string of the molecule is Cc1ccc(F)c(C(CO)NC(=O)c2cccc(-c3ccc4c(c3)C=NC4)c2)c1. The molecule has 1 aliphatic rings. The number of rotatable bonds is 5. The lowest BCUT2D eigenvalue weighted by Crippen LogP contribution is -2.31. The normalized spacial score (nSPS) is 13.2. The molecule has 1 amide bonds. The highest BCUT2D eigenvalue weighted by Gasteiger charge is 2.19. The lowest BCUT2D eigenvalue weighted by atomic mass is 9.98. The molecule has 0 saturated heterocycles. The molecule has 4 nitrogen and oxygen atoms in total. The van der Waals surface area contributed by atoms with Crippen LogP contribution in [0.3, 0.4) is 0 Å². The minimum atomic E-state index is -0.817. The first kappa shape index (κ1) is 19.0. The number of nitrogens with one attached hydrogen (secondary N) is 1. The van der Waals surface area contributed by atoms with Crippen LogP contribution < -0.4 is 5.32 Å². The summed E-state index contributed by atoms with van der Waals surface area (Å²) in [5.74, 6) is -0.821.